The third-order valence-electron chi connectivity index (χ3n) is 4.34. The van der Waals surface area contributed by atoms with Gasteiger partial charge in [0, 0.05) is 5.57 Å². The molecule has 27 heavy (non-hydrogen) atoms. The molecule has 0 radical (unpaired) electrons. The topological polar surface area (TPSA) is 89.9 Å². The smallest absolute Gasteiger partial charge is 0.334 e. The van der Waals surface area contributed by atoms with Crippen LogP contribution in [0.1, 0.15) is 84.5 Å². The molecule has 0 aliphatic carbocycles. The van der Waals surface area contributed by atoms with E-state index in [-0.39, 0.29) is 18.8 Å². The van der Waals surface area contributed by atoms with Crippen LogP contribution in [0.5, 0.6) is 0 Å². The van der Waals surface area contributed by atoms with Crippen molar-refractivity contribution in [2.24, 2.45) is 5.92 Å². The number of unbranched alkanes of at least 4 members (excludes halogenated alkanes) is 8. The third kappa shape index (κ3) is 13.0. The molecule has 6 heteroatoms. The summed E-state index contributed by atoms with van der Waals surface area (Å²) in [6, 6.07) is 0. The molecule has 0 aliphatic rings. The van der Waals surface area contributed by atoms with E-state index in [4.69, 9.17) is 9.47 Å². The lowest BCUT2D eigenvalue weighted by Gasteiger charge is -2.14. The summed E-state index contributed by atoms with van der Waals surface area (Å²) in [6.07, 6.45) is 9.74. The second-order valence-corrected chi connectivity index (χ2v) is 6.81. The number of hydrogen-bond donors (Lipinski definition) is 1. The van der Waals surface area contributed by atoms with E-state index in [1.165, 1.54) is 0 Å². The van der Waals surface area contributed by atoms with Gasteiger partial charge in [0.2, 0.25) is 0 Å². The second kappa shape index (κ2) is 16.3. The molecular formula is C21H36O6. The highest BCUT2D eigenvalue weighted by Crippen LogP contribution is 2.17. The first-order chi connectivity index (χ1) is 12.9. The fraction of sp³-hybridized carbons (Fsp3) is 0.762. The second-order valence-electron chi connectivity index (χ2n) is 6.81. The highest BCUT2D eigenvalue weighted by molar-refractivity contribution is 5.96. The lowest BCUT2D eigenvalue weighted by molar-refractivity contribution is -0.152. The zero-order valence-electron chi connectivity index (χ0n) is 17.0. The summed E-state index contributed by atoms with van der Waals surface area (Å²) in [7, 11) is 0. The predicted octanol–water partition coefficient (Wildman–Crippen LogP) is 4.66. The van der Waals surface area contributed by atoms with Crippen LogP contribution < -0.4 is 0 Å². The van der Waals surface area contributed by atoms with E-state index >= 15 is 0 Å². The minimum Gasteiger partial charge on any atom is -0.481 e. The van der Waals surface area contributed by atoms with Crippen molar-refractivity contribution in [3.63, 3.8) is 0 Å². The van der Waals surface area contributed by atoms with Gasteiger partial charge in [0.1, 0.15) is 0 Å². The molecule has 1 unspecified atom stereocenters. The van der Waals surface area contributed by atoms with Crippen LogP contribution >= 0.6 is 0 Å². The Hall–Kier alpha value is -1.85. The number of hydrogen-bond acceptors (Lipinski definition) is 5. The van der Waals surface area contributed by atoms with Crippen molar-refractivity contribution < 1.29 is 29.0 Å². The Morgan fingerprint density at radius 1 is 0.815 bits per heavy atom. The summed E-state index contributed by atoms with van der Waals surface area (Å²) >= 11 is 0. The maximum Gasteiger partial charge on any atom is 0.334 e. The molecule has 156 valence electrons. The third-order valence-corrected chi connectivity index (χ3v) is 4.34. The molecule has 0 saturated heterocycles. The highest BCUT2D eigenvalue weighted by Gasteiger charge is 2.30. The minimum absolute atomic E-state index is 0.212. The number of carbonyl (C=O) groups is 3. The van der Waals surface area contributed by atoms with Crippen LogP contribution in [-0.2, 0) is 23.9 Å². The first-order valence-electron chi connectivity index (χ1n) is 10.2. The van der Waals surface area contributed by atoms with Crippen molar-refractivity contribution in [3.05, 3.63) is 12.2 Å². The average molecular weight is 385 g/mol. The van der Waals surface area contributed by atoms with Crippen LogP contribution in [0.3, 0.4) is 0 Å². The van der Waals surface area contributed by atoms with Gasteiger partial charge in [-0.3, -0.25) is 9.59 Å². The van der Waals surface area contributed by atoms with Crippen molar-refractivity contribution >= 4 is 17.9 Å². The van der Waals surface area contributed by atoms with Gasteiger partial charge in [0.15, 0.2) is 0 Å². The molecule has 0 aromatic heterocycles. The van der Waals surface area contributed by atoms with Crippen LogP contribution in [0.4, 0.5) is 0 Å². The quantitative estimate of drug-likeness (QED) is 0.223. The number of carboxylic acids is 1. The van der Waals surface area contributed by atoms with Crippen molar-refractivity contribution in [1.29, 1.82) is 0 Å². The fourth-order valence-electron chi connectivity index (χ4n) is 2.58. The first-order valence-corrected chi connectivity index (χ1v) is 10.2. The molecule has 1 N–H and O–H groups in total. The maximum absolute atomic E-state index is 12.0. The Balaban J connectivity index is 4.20. The lowest BCUT2D eigenvalue weighted by Crippen LogP contribution is -2.26. The summed E-state index contributed by atoms with van der Waals surface area (Å²) in [5, 5.41) is 9.30. The number of rotatable bonds is 17. The number of esters is 2. The van der Waals surface area contributed by atoms with Gasteiger partial charge in [-0.05, 0) is 12.8 Å². The molecule has 0 aromatic carbocycles. The van der Waals surface area contributed by atoms with Gasteiger partial charge in [-0.25, -0.2) is 4.79 Å². The standard InChI is InChI=1S/C21H36O6/c1-4-6-8-10-12-14-26-19(22)16-18(20(23)24)17(3)21(25)27-15-13-11-9-7-5-2/h18H,3-16H2,1-2H3,(H,23,24). The van der Waals surface area contributed by atoms with Gasteiger partial charge in [-0.15, -0.1) is 0 Å². The van der Waals surface area contributed by atoms with Crippen LogP contribution in [-0.4, -0.2) is 36.2 Å². The number of carbonyl (C=O) groups excluding carboxylic acids is 2. The lowest BCUT2D eigenvalue weighted by atomic mass is 9.97. The van der Waals surface area contributed by atoms with Gasteiger partial charge in [-0.2, -0.15) is 0 Å². The fourth-order valence-corrected chi connectivity index (χ4v) is 2.58. The molecule has 1 atom stereocenters. The minimum atomic E-state index is -1.31. The van der Waals surface area contributed by atoms with Crippen molar-refractivity contribution in [1.82, 2.24) is 0 Å². The van der Waals surface area contributed by atoms with E-state index in [1.54, 1.807) is 0 Å². The Morgan fingerprint density at radius 2 is 1.30 bits per heavy atom. The van der Waals surface area contributed by atoms with Crippen molar-refractivity contribution in [2.75, 3.05) is 13.2 Å². The maximum atomic E-state index is 12.0. The van der Waals surface area contributed by atoms with E-state index < -0.39 is 30.2 Å². The molecule has 0 aliphatic heterocycles. The number of ether oxygens (including phenoxy) is 2. The first kappa shape index (κ1) is 25.1. The van der Waals surface area contributed by atoms with E-state index in [9.17, 15) is 19.5 Å². The Morgan fingerprint density at radius 3 is 1.78 bits per heavy atom. The van der Waals surface area contributed by atoms with Gasteiger partial charge in [0.05, 0.1) is 25.6 Å². The molecule has 0 rings (SSSR count). The van der Waals surface area contributed by atoms with Gasteiger partial charge in [0.25, 0.3) is 0 Å². The average Bonchev–Trinajstić information content (AvgIpc) is 2.64. The van der Waals surface area contributed by atoms with Crippen molar-refractivity contribution in [3.8, 4) is 0 Å². The summed E-state index contributed by atoms with van der Waals surface area (Å²) in [5.41, 5.74) is -0.212. The molecular weight excluding hydrogens is 348 g/mol. The normalized spacial score (nSPS) is 11.6. The van der Waals surface area contributed by atoms with Gasteiger partial charge >= 0.3 is 17.9 Å². The van der Waals surface area contributed by atoms with Gasteiger partial charge in [-0.1, -0.05) is 71.8 Å². The molecule has 6 nitrogen and oxygen atoms in total. The molecule has 0 bridgehead atoms. The van der Waals surface area contributed by atoms with Gasteiger partial charge < -0.3 is 14.6 Å². The molecule has 0 spiro atoms. The van der Waals surface area contributed by atoms with Crippen LogP contribution in [0, 0.1) is 5.92 Å². The monoisotopic (exact) mass is 384 g/mol. The molecule has 0 saturated carbocycles. The summed E-state index contributed by atoms with van der Waals surface area (Å²) in [5.74, 6) is -3.98. The molecule has 0 fully saturated rings. The van der Waals surface area contributed by atoms with E-state index in [0.717, 1.165) is 64.2 Å². The number of aliphatic carboxylic acids is 1. The van der Waals surface area contributed by atoms with E-state index in [2.05, 4.69) is 20.4 Å². The Bertz CT molecular complexity index is 458. The molecule has 0 heterocycles. The van der Waals surface area contributed by atoms with E-state index in [0.29, 0.717) is 0 Å². The largest absolute Gasteiger partial charge is 0.481 e. The van der Waals surface area contributed by atoms with Crippen LogP contribution in [0.25, 0.3) is 0 Å². The van der Waals surface area contributed by atoms with Crippen molar-refractivity contribution in [2.45, 2.75) is 84.5 Å². The summed E-state index contributed by atoms with van der Waals surface area (Å²) in [6.45, 7) is 8.26. The Labute approximate surface area is 163 Å². The van der Waals surface area contributed by atoms with Crippen LogP contribution in [0.15, 0.2) is 12.2 Å². The zero-order chi connectivity index (χ0) is 20.5. The summed E-state index contributed by atoms with van der Waals surface area (Å²) < 4.78 is 10.2. The SMILES string of the molecule is C=C(C(=O)OCCCCCCC)C(CC(=O)OCCCCCCC)C(=O)O. The molecule has 0 aromatic rings. The van der Waals surface area contributed by atoms with Crippen LogP contribution in [0.2, 0.25) is 0 Å². The summed E-state index contributed by atoms with van der Waals surface area (Å²) in [4.78, 5) is 35.2. The molecule has 0 amide bonds. The number of carboxylic acid groups (broad SMARTS) is 1. The zero-order valence-corrected chi connectivity index (χ0v) is 17.0. The highest BCUT2D eigenvalue weighted by atomic mass is 16.5. The predicted molar refractivity (Wildman–Crippen MR) is 104 cm³/mol. The Kier molecular flexibility index (Phi) is 15.2. The van der Waals surface area contributed by atoms with E-state index in [1.807, 2.05) is 0 Å².